The molecule has 0 bridgehead atoms. The summed E-state index contributed by atoms with van der Waals surface area (Å²) in [7, 11) is 3.29. The van der Waals surface area contributed by atoms with Crippen molar-refractivity contribution in [2.24, 2.45) is 16.2 Å². The van der Waals surface area contributed by atoms with Crippen molar-refractivity contribution in [2.45, 2.75) is 20.0 Å². The smallest absolute Gasteiger partial charge is 0.256 e. The van der Waals surface area contributed by atoms with Crippen LogP contribution in [0.25, 0.3) is 0 Å². The number of amides is 1. The van der Waals surface area contributed by atoms with Crippen LogP contribution in [0.3, 0.4) is 0 Å². The lowest BCUT2D eigenvalue weighted by atomic mass is 9.83. The number of oxime groups is 1. The Kier molecular flexibility index (Phi) is 4.18. The SMILES string of the molecule is COc1ccc(C2=NN(C)C(=O)[C@@H]3C(c4c(C)cccc4C)=NO[C@@H]23)cc1. The number of ether oxygens (including phenoxy) is 1. The van der Waals surface area contributed by atoms with Crippen LogP contribution in [0.1, 0.15) is 22.3 Å². The van der Waals surface area contributed by atoms with Crippen molar-refractivity contribution in [1.29, 1.82) is 0 Å². The van der Waals surface area contributed by atoms with Gasteiger partial charge in [0, 0.05) is 18.2 Å². The van der Waals surface area contributed by atoms with Gasteiger partial charge >= 0.3 is 0 Å². The third-order valence-electron chi connectivity index (χ3n) is 5.10. The van der Waals surface area contributed by atoms with Crippen molar-refractivity contribution in [3.8, 4) is 5.75 Å². The summed E-state index contributed by atoms with van der Waals surface area (Å²) in [5, 5.41) is 10.2. The van der Waals surface area contributed by atoms with Gasteiger partial charge in [-0.2, -0.15) is 5.10 Å². The van der Waals surface area contributed by atoms with E-state index in [0.717, 1.165) is 28.0 Å². The molecule has 2 heterocycles. The van der Waals surface area contributed by atoms with Gasteiger partial charge in [0.1, 0.15) is 23.1 Å². The summed E-state index contributed by atoms with van der Waals surface area (Å²) in [5.41, 5.74) is 5.36. The molecule has 6 heteroatoms. The van der Waals surface area contributed by atoms with Gasteiger partial charge in [0.2, 0.25) is 0 Å². The van der Waals surface area contributed by atoms with E-state index in [2.05, 4.69) is 10.3 Å². The largest absolute Gasteiger partial charge is 0.497 e. The van der Waals surface area contributed by atoms with Crippen LogP contribution >= 0.6 is 0 Å². The number of hydrogen-bond acceptors (Lipinski definition) is 5. The maximum Gasteiger partial charge on any atom is 0.256 e. The van der Waals surface area contributed by atoms with Crippen molar-refractivity contribution in [3.63, 3.8) is 0 Å². The molecule has 0 spiro atoms. The Labute approximate surface area is 158 Å². The van der Waals surface area contributed by atoms with Gasteiger partial charge < -0.3 is 9.57 Å². The predicted octanol–water partition coefficient (Wildman–Crippen LogP) is 2.91. The van der Waals surface area contributed by atoms with Gasteiger partial charge in [-0.3, -0.25) is 4.79 Å². The number of carbonyl (C=O) groups is 1. The number of hydrazone groups is 1. The van der Waals surface area contributed by atoms with Crippen LogP contribution in [0.15, 0.2) is 52.7 Å². The minimum atomic E-state index is -0.531. The predicted molar refractivity (Wildman–Crippen MR) is 103 cm³/mol. The van der Waals surface area contributed by atoms with Gasteiger partial charge in [-0.15, -0.1) is 0 Å². The van der Waals surface area contributed by atoms with Gasteiger partial charge in [0.25, 0.3) is 5.91 Å². The zero-order chi connectivity index (χ0) is 19.1. The van der Waals surface area contributed by atoms with Gasteiger partial charge in [0.05, 0.1) is 7.11 Å². The summed E-state index contributed by atoms with van der Waals surface area (Å²) in [5.74, 6) is 0.136. The average Bonchev–Trinajstić information content (AvgIpc) is 3.10. The molecule has 0 N–H and O–H groups in total. The third kappa shape index (κ3) is 2.77. The molecule has 0 saturated carbocycles. The highest BCUT2D eigenvalue weighted by Gasteiger charge is 2.48. The maximum atomic E-state index is 12.9. The Morgan fingerprint density at radius 2 is 1.70 bits per heavy atom. The van der Waals surface area contributed by atoms with E-state index in [1.807, 2.05) is 56.3 Å². The molecule has 2 atom stereocenters. The minimum Gasteiger partial charge on any atom is -0.497 e. The summed E-state index contributed by atoms with van der Waals surface area (Å²) in [4.78, 5) is 18.7. The zero-order valence-electron chi connectivity index (χ0n) is 15.8. The van der Waals surface area contributed by atoms with E-state index in [4.69, 9.17) is 9.57 Å². The summed E-state index contributed by atoms with van der Waals surface area (Å²) >= 11 is 0. The lowest BCUT2D eigenvalue weighted by molar-refractivity contribution is -0.134. The molecule has 0 radical (unpaired) electrons. The van der Waals surface area contributed by atoms with E-state index in [-0.39, 0.29) is 5.91 Å². The van der Waals surface area contributed by atoms with E-state index in [0.29, 0.717) is 11.4 Å². The Bertz CT molecular complexity index is 943. The monoisotopic (exact) mass is 363 g/mol. The number of fused-ring (bicyclic) bond motifs is 1. The molecule has 27 heavy (non-hydrogen) atoms. The standard InChI is InChI=1S/C21H21N3O3/c1-12-6-5-7-13(2)16(12)19-17-20(27-23-19)18(22-24(3)21(17)25)14-8-10-15(26-4)11-9-14/h5-11,17,20H,1-4H3/t17-,20-/m1/s1. The fourth-order valence-corrected chi connectivity index (χ4v) is 3.70. The lowest BCUT2D eigenvalue weighted by Gasteiger charge is -2.29. The molecule has 2 aliphatic heterocycles. The normalized spacial score (nSPS) is 21.3. The van der Waals surface area contributed by atoms with Crippen LogP contribution in [-0.4, -0.2) is 42.6 Å². The number of aryl methyl sites for hydroxylation is 2. The first-order valence-electron chi connectivity index (χ1n) is 8.82. The van der Waals surface area contributed by atoms with Crippen LogP contribution in [0.4, 0.5) is 0 Å². The first kappa shape index (κ1) is 17.3. The van der Waals surface area contributed by atoms with E-state index in [9.17, 15) is 4.79 Å². The van der Waals surface area contributed by atoms with Gasteiger partial charge in [-0.1, -0.05) is 23.4 Å². The van der Waals surface area contributed by atoms with Crippen molar-refractivity contribution >= 4 is 17.3 Å². The molecular formula is C21H21N3O3. The molecule has 6 nitrogen and oxygen atoms in total. The number of rotatable bonds is 3. The van der Waals surface area contributed by atoms with Gasteiger partial charge in [-0.25, -0.2) is 5.01 Å². The van der Waals surface area contributed by atoms with Crippen LogP contribution in [-0.2, 0) is 9.63 Å². The first-order valence-corrected chi connectivity index (χ1v) is 8.82. The highest BCUT2D eigenvalue weighted by molar-refractivity contribution is 6.21. The molecule has 0 saturated heterocycles. The number of benzene rings is 2. The Balaban J connectivity index is 1.76. The molecule has 0 fully saturated rings. The second kappa shape index (κ2) is 6.54. The van der Waals surface area contributed by atoms with Crippen LogP contribution in [0.2, 0.25) is 0 Å². The second-order valence-electron chi connectivity index (χ2n) is 6.82. The van der Waals surface area contributed by atoms with Crippen molar-refractivity contribution in [1.82, 2.24) is 5.01 Å². The Morgan fingerprint density at radius 3 is 2.33 bits per heavy atom. The van der Waals surface area contributed by atoms with Crippen LogP contribution < -0.4 is 4.74 Å². The van der Waals surface area contributed by atoms with Gasteiger partial charge in [0.15, 0.2) is 6.10 Å². The number of nitrogens with zero attached hydrogens (tertiary/aromatic N) is 3. The van der Waals surface area contributed by atoms with E-state index >= 15 is 0 Å². The van der Waals surface area contributed by atoms with Crippen molar-refractivity contribution in [2.75, 3.05) is 14.2 Å². The van der Waals surface area contributed by atoms with Crippen LogP contribution in [0, 0.1) is 19.8 Å². The highest BCUT2D eigenvalue weighted by Crippen LogP contribution is 2.33. The Hall–Kier alpha value is -3.15. The quantitative estimate of drug-likeness (QED) is 0.842. The maximum absolute atomic E-state index is 12.9. The van der Waals surface area contributed by atoms with Crippen molar-refractivity contribution in [3.05, 3.63) is 64.7 Å². The molecule has 0 unspecified atom stereocenters. The van der Waals surface area contributed by atoms with E-state index in [1.54, 1.807) is 14.2 Å². The van der Waals surface area contributed by atoms with Gasteiger partial charge in [-0.05, 0) is 49.2 Å². The molecule has 2 aromatic carbocycles. The number of carbonyl (C=O) groups excluding carboxylic acids is 1. The number of methoxy groups -OCH3 is 1. The lowest BCUT2D eigenvalue weighted by Crippen LogP contribution is -2.48. The third-order valence-corrected chi connectivity index (χ3v) is 5.10. The average molecular weight is 363 g/mol. The fraction of sp³-hybridized carbons (Fsp3) is 0.286. The van der Waals surface area contributed by atoms with Crippen molar-refractivity contribution < 1.29 is 14.4 Å². The fourth-order valence-electron chi connectivity index (χ4n) is 3.70. The molecule has 2 aliphatic rings. The second-order valence-corrected chi connectivity index (χ2v) is 6.82. The number of hydrogen-bond donors (Lipinski definition) is 0. The molecule has 0 aliphatic carbocycles. The van der Waals surface area contributed by atoms with E-state index < -0.39 is 12.0 Å². The molecular weight excluding hydrogens is 342 g/mol. The molecule has 0 aromatic heterocycles. The Morgan fingerprint density at radius 1 is 1.04 bits per heavy atom. The van der Waals surface area contributed by atoms with E-state index in [1.165, 1.54) is 5.01 Å². The summed E-state index contributed by atoms with van der Waals surface area (Å²) in [6.07, 6.45) is -0.531. The molecule has 4 rings (SSSR count). The summed E-state index contributed by atoms with van der Waals surface area (Å²) in [6.45, 7) is 4.04. The molecule has 1 amide bonds. The molecule has 2 aromatic rings. The topological polar surface area (TPSA) is 63.5 Å². The van der Waals surface area contributed by atoms with Crippen LogP contribution in [0.5, 0.6) is 5.75 Å². The highest BCUT2D eigenvalue weighted by atomic mass is 16.6. The minimum absolute atomic E-state index is 0.115. The zero-order valence-corrected chi connectivity index (χ0v) is 15.8. The summed E-state index contributed by atoms with van der Waals surface area (Å²) < 4.78 is 5.22. The first-order chi connectivity index (χ1) is 13.0. The molecule has 138 valence electrons. The summed E-state index contributed by atoms with van der Waals surface area (Å²) in [6, 6.07) is 13.6.